The summed E-state index contributed by atoms with van der Waals surface area (Å²) in [6, 6.07) is 7.50. The van der Waals surface area contributed by atoms with Gasteiger partial charge >= 0.3 is 0 Å². The number of anilines is 1. The first-order chi connectivity index (χ1) is 9.63. The van der Waals surface area contributed by atoms with Crippen LogP contribution in [0.4, 0.5) is 14.6 Å². The van der Waals surface area contributed by atoms with Crippen LogP contribution in [-0.2, 0) is 11.3 Å². The van der Waals surface area contributed by atoms with E-state index < -0.39 is 11.6 Å². The third kappa shape index (κ3) is 3.19. The number of nitrogens with one attached hydrogen (secondary N) is 1. The lowest BCUT2D eigenvalue weighted by Gasteiger charge is -2.09. The summed E-state index contributed by atoms with van der Waals surface area (Å²) < 4.78 is 37.1. The molecule has 0 bridgehead atoms. The van der Waals surface area contributed by atoms with E-state index in [1.165, 1.54) is 0 Å². The molecule has 1 heterocycles. The zero-order valence-electron chi connectivity index (χ0n) is 10.7. The predicted molar refractivity (Wildman–Crippen MR) is 69.2 cm³/mol. The molecule has 0 aliphatic carbocycles. The third-order valence-corrected chi connectivity index (χ3v) is 2.46. The molecular weight excluding hydrogens is 268 g/mol. The van der Waals surface area contributed by atoms with Crippen molar-refractivity contribution in [1.82, 2.24) is 4.98 Å². The van der Waals surface area contributed by atoms with Crippen LogP contribution in [0.1, 0.15) is 5.56 Å². The largest absolute Gasteiger partial charge is 0.436 e. The summed E-state index contributed by atoms with van der Waals surface area (Å²) >= 11 is 0. The van der Waals surface area contributed by atoms with E-state index in [0.717, 1.165) is 5.56 Å². The highest BCUT2D eigenvalue weighted by Gasteiger charge is 2.13. The first-order valence-corrected chi connectivity index (χ1v) is 5.72. The van der Waals surface area contributed by atoms with Gasteiger partial charge in [0.25, 0.3) is 5.88 Å². The number of rotatable bonds is 5. The van der Waals surface area contributed by atoms with Crippen LogP contribution in [0.3, 0.4) is 0 Å². The molecule has 2 aromatic rings. The van der Waals surface area contributed by atoms with Crippen molar-refractivity contribution < 1.29 is 18.3 Å². The lowest BCUT2D eigenvalue weighted by atomic mass is 10.2. The van der Waals surface area contributed by atoms with Gasteiger partial charge < -0.3 is 14.9 Å². The number of ether oxygens (including phenoxy) is 2. The molecule has 0 aliphatic heterocycles. The summed E-state index contributed by atoms with van der Waals surface area (Å²) in [6.07, 6.45) is 0. The van der Waals surface area contributed by atoms with E-state index >= 15 is 0 Å². The maximum atomic E-state index is 13.6. The molecule has 20 heavy (non-hydrogen) atoms. The van der Waals surface area contributed by atoms with Gasteiger partial charge in [-0.2, -0.15) is 4.98 Å². The summed E-state index contributed by atoms with van der Waals surface area (Å²) in [5.41, 5.74) is 2.88. The lowest BCUT2D eigenvalue weighted by Crippen LogP contribution is -2.11. The Labute approximate surface area is 114 Å². The van der Waals surface area contributed by atoms with E-state index in [2.05, 4.69) is 4.98 Å². The zero-order chi connectivity index (χ0) is 14.5. The Hall–Kier alpha value is -2.25. The zero-order valence-corrected chi connectivity index (χ0v) is 10.7. The number of nitrogens with two attached hydrogens (primary N) is 1. The van der Waals surface area contributed by atoms with E-state index in [0.29, 0.717) is 18.4 Å². The topological polar surface area (TPSA) is 69.4 Å². The smallest absolute Gasteiger partial charge is 0.258 e. The van der Waals surface area contributed by atoms with Crippen LogP contribution >= 0.6 is 0 Å². The van der Waals surface area contributed by atoms with Crippen LogP contribution in [0.25, 0.3) is 0 Å². The molecule has 0 fully saturated rings. The molecule has 0 saturated carbocycles. The van der Waals surface area contributed by atoms with Gasteiger partial charge in [-0.1, -0.05) is 12.1 Å². The Morgan fingerprint density at radius 1 is 1.25 bits per heavy atom. The average Bonchev–Trinajstić information content (AvgIpc) is 2.43. The highest BCUT2D eigenvalue weighted by Crippen LogP contribution is 2.26. The number of nitrogen functional groups attached to an aromatic ring is 1. The number of hydrogen-bond donors (Lipinski definition) is 2. The fourth-order valence-electron chi connectivity index (χ4n) is 1.60. The quantitative estimate of drug-likeness (QED) is 0.651. The Morgan fingerprint density at radius 3 is 2.75 bits per heavy atom. The fraction of sp³-hybridized carbons (Fsp3) is 0.154. The normalized spacial score (nSPS) is 10.4. The second-order valence-electron chi connectivity index (χ2n) is 3.93. The Morgan fingerprint density at radius 2 is 2.05 bits per heavy atom. The van der Waals surface area contributed by atoms with Gasteiger partial charge in [-0.05, 0) is 17.7 Å². The molecule has 5 nitrogen and oxygen atoms in total. The van der Waals surface area contributed by atoms with Crippen molar-refractivity contribution in [1.29, 1.82) is 0 Å². The predicted octanol–water partition coefficient (Wildman–Crippen LogP) is 2.58. The Bertz CT molecular complexity index is 608. The van der Waals surface area contributed by atoms with E-state index in [9.17, 15) is 8.78 Å². The lowest BCUT2D eigenvalue weighted by molar-refractivity contribution is 0.184. The van der Waals surface area contributed by atoms with Gasteiger partial charge in [-0.15, -0.1) is 0 Å². The molecule has 0 amide bonds. The van der Waals surface area contributed by atoms with Crippen molar-refractivity contribution in [3.05, 3.63) is 47.5 Å². The summed E-state index contributed by atoms with van der Waals surface area (Å²) in [6.45, 7) is 0.395. The molecule has 0 spiro atoms. The Balaban J connectivity index is 2.27. The van der Waals surface area contributed by atoms with Gasteiger partial charge in [0.05, 0.1) is 6.61 Å². The number of aromatic nitrogens is 1. The molecule has 0 radical (unpaired) electrons. The first-order valence-electron chi connectivity index (χ1n) is 5.72. The first kappa shape index (κ1) is 14.2. The summed E-state index contributed by atoms with van der Waals surface area (Å²) in [4.78, 5) is 3.62. The van der Waals surface area contributed by atoms with Gasteiger partial charge in [0, 0.05) is 13.2 Å². The number of halogens is 2. The van der Waals surface area contributed by atoms with E-state index in [4.69, 9.17) is 15.3 Å². The minimum atomic E-state index is -0.918. The van der Waals surface area contributed by atoms with Gasteiger partial charge in [0.2, 0.25) is 0 Å². The number of hydrogen-bond acceptors (Lipinski definition) is 5. The maximum absolute atomic E-state index is 13.6. The monoisotopic (exact) mass is 281 g/mol. The van der Waals surface area contributed by atoms with Gasteiger partial charge in [0.15, 0.2) is 17.5 Å². The number of benzene rings is 1. The number of pyridine rings is 1. The molecule has 0 unspecified atom stereocenters. The van der Waals surface area contributed by atoms with Gasteiger partial charge in [-0.25, -0.2) is 14.6 Å². The van der Waals surface area contributed by atoms with Crippen LogP contribution in [-0.4, -0.2) is 12.1 Å². The van der Waals surface area contributed by atoms with Crippen LogP contribution in [0.2, 0.25) is 0 Å². The molecular formula is C13H13F2N3O2. The molecule has 106 valence electrons. The van der Waals surface area contributed by atoms with Crippen molar-refractivity contribution in [3.63, 3.8) is 0 Å². The average molecular weight is 281 g/mol. The highest BCUT2D eigenvalue weighted by atomic mass is 19.1. The van der Waals surface area contributed by atoms with E-state index in [1.54, 1.807) is 25.3 Å². The van der Waals surface area contributed by atoms with Gasteiger partial charge in [0.1, 0.15) is 5.75 Å². The summed E-state index contributed by atoms with van der Waals surface area (Å²) in [7, 11) is 1.56. The van der Waals surface area contributed by atoms with Crippen molar-refractivity contribution in [2.45, 2.75) is 6.61 Å². The standard InChI is InChI=1S/C13H13F2N3O2/c1-19-7-8-3-2-4-9(5-8)20-13-11(15)6-10(14)12(17-13)18-16/h2-6H,7,16H2,1H3,(H,17,18). The minimum Gasteiger partial charge on any atom is -0.436 e. The second kappa shape index (κ2) is 6.27. The molecule has 2 rings (SSSR count). The van der Waals surface area contributed by atoms with Crippen molar-refractivity contribution >= 4 is 5.82 Å². The number of hydrazine groups is 1. The maximum Gasteiger partial charge on any atom is 0.258 e. The molecule has 0 saturated heterocycles. The van der Waals surface area contributed by atoms with Gasteiger partial charge in [-0.3, -0.25) is 0 Å². The van der Waals surface area contributed by atoms with Crippen LogP contribution in [0, 0.1) is 11.6 Å². The molecule has 1 aromatic carbocycles. The minimum absolute atomic E-state index is 0.297. The summed E-state index contributed by atoms with van der Waals surface area (Å²) in [5, 5.41) is 0. The van der Waals surface area contributed by atoms with Crippen molar-refractivity contribution in [2.24, 2.45) is 5.84 Å². The molecule has 3 N–H and O–H groups in total. The molecule has 0 atom stereocenters. The second-order valence-corrected chi connectivity index (χ2v) is 3.93. The third-order valence-electron chi connectivity index (χ3n) is 2.46. The Kier molecular flexibility index (Phi) is 4.44. The van der Waals surface area contributed by atoms with E-state index in [1.807, 2.05) is 11.5 Å². The number of nitrogens with zero attached hydrogens (tertiary/aromatic N) is 1. The fourth-order valence-corrected chi connectivity index (χ4v) is 1.60. The van der Waals surface area contributed by atoms with Crippen LogP contribution in [0.15, 0.2) is 30.3 Å². The van der Waals surface area contributed by atoms with E-state index in [-0.39, 0.29) is 11.7 Å². The van der Waals surface area contributed by atoms with Crippen LogP contribution < -0.4 is 16.0 Å². The SMILES string of the molecule is COCc1cccc(Oc2nc(NN)c(F)cc2F)c1. The molecule has 0 aliphatic rings. The molecule has 1 aromatic heterocycles. The molecule has 7 heteroatoms. The van der Waals surface area contributed by atoms with Crippen molar-refractivity contribution in [2.75, 3.05) is 12.5 Å². The summed E-state index contributed by atoms with van der Waals surface area (Å²) in [5.74, 6) is 2.96. The van der Waals surface area contributed by atoms with Crippen LogP contribution in [0.5, 0.6) is 11.6 Å². The highest BCUT2D eigenvalue weighted by molar-refractivity contribution is 5.40. The number of methoxy groups -OCH3 is 1. The van der Waals surface area contributed by atoms with Crippen molar-refractivity contribution in [3.8, 4) is 11.6 Å².